The highest BCUT2D eigenvalue weighted by Crippen LogP contribution is 2.10. The molecule has 0 aromatic rings. The molecular formula is C18H26O10. The number of ether oxygens (including phenoxy) is 2. The van der Waals surface area contributed by atoms with Crippen LogP contribution in [0.3, 0.4) is 0 Å². The summed E-state index contributed by atoms with van der Waals surface area (Å²) in [7, 11) is 0. The number of unbranched alkanes of at least 4 members (excludes halogenated alkanes) is 5. The van der Waals surface area contributed by atoms with Crippen LogP contribution >= 0.6 is 0 Å². The first-order valence-electron chi connectivity index (χ1n) is 9.11. The zero-order valence-electron chi connectivity index (χ0n) is 15.6. The smallest absolute Gasteiger partial charge is 0.314 e. The molecule has 158 valence electrons. The molecular weight excluding hydrogens is 376 g/mol. The molecule has 0 bridgehead atoms. The maximum absolute atomic E-state index is 11.4. The van der Waals surface area contributed by atoms with E-state index in [-0.39, 0.29) is 38.5 Å². The summed E-state index contributed by atoms with van der Waals surface area (Å²) in [6, 6.07) is 0. The van der Waals surface area contributed by atoms with Gasteiger partial charge in [0.1, 0.15) is 0 Å². The number of hydrogen-bond donors (Lipinski definition) is 2. The van der Waals surface area contributed by atoms with Gasteiger partial charge in [0, 0.05) is 12.8 Å². The van der Waals surface area contributed by atoms with Crippen LogP contribution in [-0.2, 0) is 38.2 Å². The molecule has 10 nitrogen and oxygen atoms in total. The fraction of sp³-hybridized carbons (Fsp3) is 0.667. The average molecular weight is 402 g/mol. The summed E-state index contributed by atoms with van der Waals surface area (Å²) in [6.45, 7) is 0. The molecule has 0 aromatic carbocycles. The molecule has 0 heterocycles. The molecule has 0 spiro atoms. The molecule has 0 aliphatic carbocycles. The Morgan fingerprint density at radius 2 is 0.714 bits per heavy atom. The van der Waals surface area contributed by atoms with Crippen molar-refractivity contribution in [3.8, 4) is 0 Å². The number of carboxylic acids is 2. The van der Waals surface area contributed by atoms with Crippen molar-refractivity contribution in [2.45, 2.75) is 77.0 Å². The van der Waals surface area contributed by atoms with Crippen molar-refractivity contribution >= 4 is 35.8 Å². The average Bonchev–Trinajstić information content (AvgIpc) is 2.60. The Morgan fingerprint density at radius 3 is 1.04 bits per heavy atom. The van der Waals surface area contributed by atoms with E-state index >= 15 is 0 Å². The number of aliphatic carboxylic acids is 2. The molecule has 2 N–H and O–H groups in total. The number of carboxylic acid groups (broad SMARTS) is 2. The van der Waals surface area contributed by atoms with Gasteiger partial charge in [-0.2, -0.15) is 0 Å². The number of rotatable bonds is 15. The van der Waals surface area contributed by atoms with Crippen LogP contribution in [0.1, 0.15) is 77.0 Å². The van der Waals surface area contributed by atoms with Crippen molar-refractivity contribution in [2.24, 2.45) is 0 Å². The predicted octanol–water partition coefficient (Wildman–Crippen LogP) is 1.98. The second-order valence-electron chi connectivity index (χ2n) is 6.10. The van der Waals surface area contributed by atoms with Crippen molar-refractivity contribution in [3.05, 3.63) is 0 Å². The van der Waals surface area contributed by atoms with E-state index in [0.717, 1.165) is 25.7 Å². The summed E-state index contributed by atoms with van der Waals surface area (Å²) in [5, 5.41) is 16.8. The highest BCUT2D eigenvalue weighted by Gasteiger charge is 2.13. The van der Waals surface area contributed by atoms with Crippen molar-refractivity contribution in [1.82, 2.24) is 0 Å². The van der Waals surface area contributed by atoms with E-state index < -0.39 is 35.8 Å². The number of carbonyl (C=O) groups is 6. The molecule has 0 radical (unpaired) electrons. The Morgan fingerprint density at radius 1 is 0.429 bits per heavy atom. The number of esters is 4. The summed E-state index contributed by atoms with van der Waals surface area (Å²) >= 11 is 0. The summed E-state index contributed by atoms with van der Waals surface area (Å²) in [5.74, 6) is -5.32. The maximum Gasteiger partial charge on any atom is 0.314 e. The topological polar surface area (TPSA) is 161 Å². The van der Waals surface area contributed by atoms with Crippen LogP contribution in [0.25, 0.3) is 0 Å². The maximum atomic E-state index is 11.4. The third kappa shape index (κ3) is 16.7. The Balaban J connectivity index is 3.56. The molecule has 0 aliphatic rings. The number of hydrogen-bond acceptors (Lipinski definition) is 8. The van der Waals surface area contributed by atoms with Gasteiger partial charge in [-0.15, -0.1) is 0 Å². The van der Waals surface area contributed by atoms with Gasteiger partial charge in [-0.3, -0.25) is 28.8 Å². The Labute approximate surface area is 162 Å². The van der Waals surface area contributed by atoms with Gasteiger partial charge in [-0.05, 0) is 12.8 Å². The van der Waals surface area contributed by atoms with Gasteiger partial charge in [-0.1, -0.05) is 25.7 Å². The van der Waals surface area contributed by atoms with Crippen molar-refractivity contribution in [3.63, 3.8) is 0 Å². The van der Waals surface area contributed by atoms with Crippen LogP contribution in [0.2, 0.25) is 0 Å². The molecule has 0 rings (SSSR count). The SMILES string of the molecule is O=C(O)CCC(=O)OC(=O)CCCCCCCCC(=O)OC(=O)CCC(=O)O. The first kappa shape index (κ1) is 25.2. The lowest BCUT2D eigenvalue weighted by atomic mass is 10.1. The molecule has 0 unspecified atom stereocenters. The van der Waals surface area contributed by atoms with Gasteiger partial charge in [0.15, 0.2) is 0 Å². The monoisotopic (exact) mass is 402 g/mol. The minimum absolute atomic E-state index is 0.0730. The zero-order valence-corrected chi connectivity index (χ0v) is 15.6. The van der Waals surface area contributed by atoms with Crippen LogP contribution in [0.15, 0.2) is 0 Å². The van der Waals surface area contributed by atoms with E-state index in [1.807, 2.05) is 0 Å². The molecule has 0 aromatic heterocycles. The normalized spacial score (nSPS) is 10.1. The fourth-order valence-corrected chi connectivity index (χ4v) is 2.12. The van der Waals surface area contributed by atoms with E-state index in [2.05, 4.69) is 9.47 Å². The molecule has 0 atom stereocenters. The third-order valence-electron chi connectivity index (χ3n) is 3.55. The summed E-state index contributed by atoms with van der Waals surface area (Å²) < 4.78 is 8.96. The summed E-state index contributed by atoms with van der Waals surface area (Å²) in [5.41, 5.74) is 0. The molecule has 0 saturated heterocycles. The fourth-order valence-electron chi connectivity index (χ4n) is 2.12. The van der Waals surface area contributed by atoms with Crippen LogP contribution < -0.4 is 0 Å². The van der Waals surface area contributed by atoms with Gasteiger partial charge < -0.3 is 19.7 Å². The summed E-state index contributed by atoms with van der Waals surface area (Å²) in [4.78, 5) is 65.7. The van der Waals surface area contributed by atoms with E-state index in [1.54, 1.807) is 0 Å². The van der Waals surface area contributed by atoms with E-state index in [0.29, 0.717) is 12.8 Å². The zero-order chi connectivity index (χ0) is 21.4. The lowest BCUT2D eigenvalue weighted by Gasteiger charge is -2.04. The lowest BCUT2D eigenvalue weighted by Crippen LogP contribution is -2.13. The van der Waals surface area contributed by atoms with E-state index in [1.165, 1.54) is 0 Å². The molecule has 28 heavy (non-hydrogen) atoms. The molecule has 0 saturated carbocycles. The van der Waals surface area contributed by atoms with Crippen LogP contribution in [0, 0.1) is 0 Å². The lowest BCUT2D eigenvalue weighted by molar-refractivity contribution is -0.162. The van der Waals surface area contributed by atoms with Gasteiger partial charge in [-0.25, -0.2) is 0 Å². The van der Waals surface area contributed by atoms with Gasteiger partial charge in [0.25, 0.3) is 0 Å². The largest absolute Gasteiger partial charge is 0.481 e. The molecule has 0 amide bonds. The molecule has 0 aliphatic heterocycles. The Kier molecular flexibility index (Phi) is 13.8. The Bertz CT molecular complexity index is 517. The van der Waals surface area contributed by atoms with Crippen molar-refractivity contribution in [1.29, 1.82) is 0 Å². The number of carbonyl (C=O) groups excluding carboxylic acids is 4. The predicted molar refractivity (Wildman–Crippen MR) is 92.9 cm³/mol. The van der Waals surface area contributed by atoms with Crippen LogP contribution in [0.5, 0.6) is 0 Å². The Hall–Kier alpha value is -2.78. The van der Waals surface area contributed by atoms with Crippen LogP contribution in [-0.4, -0.2) is 46.0 Å². The quantitative estimate of drug-likeness (QED) is 0.235. The van der Waals surface area contributed by atoms with Crippen LogP contribution in [0.4, 0.5) is 0 Å². The second kappa shape index (κ2) is 15.3. The molecule has 0 fully saturated rings. The minimum Gasteiger partial charge on any atom is -0.481 e. The van der Waals surface area contributed by atoms with Gasteiger partial charge in [0.05, 0.1) is 25.7 Å². The third-order valence-corrected chi connectivity index (χ3v) is 3.55. The van der Waals surface area contributed by atoms with E-state index in [9.17, 15) is 28.8 Å². The van der Waals surface area contributed by atoms with Crippen molar-refractivity contribution in [2.75, 3.05) is 0 Å². The summed E-state index contributed by atoms with van der Waals surface area (Å²) in [6.07, 6.45) is 2.87. The first-order valence-corrected chi connectivity index (χ1v) is 9.11. The van der Waals surface area contributed by atoms with Crippen molar-refractivity contribution < 1.29 is 48.5 Å². The molecule has 10 heteroatoms. The standard InChI is InChI=1S/C18H26O10/c19-13(20)9-11-17(25)27-15(23)7-5-3-1-2-4-6-8-16(24)28-18(26)12-10-14(21)22/h1-12H2,(H,19,20)(H,21,22). The highest BCUT2D eigenvalue weighted by molar-refractivity contribution is 5.87. The first-order chi connectivity index (χ1) is 13.2. The van der Waals surface area contributed by atoms with E-state index in [4.69, 9.17) is 10.2 Å². The highest BCUT2D eigenvalue weighted by atomic mass is 16.6. The van der Waals surface area contributed by atoms with Gasteiger partial charge >= 0.3 is 35.8 Å². The minimum atomic E-state index is -1.14. The van der Waals surface area contributed by atoms with Gasteiger partial charge in [0.2, 0.25) is 0 Å². The second-order valence-corrected chi connectivity index (χ2v) is 6.10.